The highest BCUT2D eigenvalue weighted by atomic mass is 16.3. The van der Waals surface area contributed by atoms with Crippen molar-refractivity contribution < 1.29 is 10.2 Å². The van der Waals surface area contributed by atoms with Gasteiger partial charge in [-0.15, -0.1) is 0 Å². The highest BCUT2D eigenvalue weighted by Gasteiger charge is 2.14. The van der Waals surface area contributed by atoms with Crippen molar-refractivity contribution in [1.29, 1.82) is 0 Å². The lowest BCUT2D eigenvalue weighted by Gasteiger charge is -2.16. The van der Waals surface area contributed by atoms with Crippen LogP contribution in [0.1, 0.15) is 77.6 Å². The van der Waals surface area contributed by atoms with Crippen LogP contribution in [0.3, 0.4) is 0 Å². The van der Waals surface area contributed by atoms with Crippen molar-refractivity contribution in [2.24, 2.45) is 5.73 Å². The van der Waals surface area contributed by atoms with Crippen LogP contribution < -0.4 is 5.73 Å². The highest BCUT2D eigenvalue weighted by molar-refractivity contribution is 4.67. The van der Waals surface area contributed by atoms with Crippen LogP contribution >= 0.6 is 0 Å². The Bertz CT molecular complexity index is 165. The molecule has 2 unspecified atom stereocenters. The van der Waals surface area contributed by atoms with Gasteiger partial charge in [-0.3, -0.25) is 0 Å². The molecule has 0 aliphatic heterocycles. The van der Waals surface area contributed by atoms with E-state index in [1.54, 1.807) is 0 Å². The number of nitrogens with two attached hydrogens (primary N) is 1. The molecule has 0 rings (SSSR count). The lowest BCUT2D eigenvalue weighted by atomic mass is 10.0. The van der Waals surface area contributed by atoms with Gasteiger partial charge in [-0.1, -0.05) is 64.7 Å². The smallest absolute Gasteiger partial charge is 0.0811 e. The Kier molecular flexibility index (Phi) is 13.2. The van der Waals surface area contributed by atoms with E-state index in [0.717, 1.165) is 6.42 Å². The van der Waals surface area contributed by atoms with Crippen LogP contribution in [0.5, 0.6) is 0 Å². The molecular weight excluding hydrogens is 226 g/mol. The summed E-state index contributed by atoms with van der Waals surface area (Å²) in [5, 5.41) is 19.2. The van der Waals surface area contributed by atoms with E-state index in [2.05, 4.69) is 6.92 Å². The molecule has 0 bridgehead atoms. The summed E-state index contributed by atoms with van der Waals surface area (Å²) >= 11 is 0. The van der Waals surface area contributed by atoms with Gasteiger partial charge in [0.05, 0.1) is 12.2 Å². The van der Waals surface area contributed by atoms with Crippen LogP contribution in [-0.2, 0) is 0 Å². The van der Waals surface area contributed by atoms with Gasteiger partial charge >= 0.3 is 0 Å². The summed E-state index contributed by atoms with van der Waals surface area (Å²) in [5.74, 6) is 0. The molecule has 0 amide bonds. The Labute approximate surface area is 113 Å². The first-order valence-electron chi connectivity index (χ1n) is 7.78. The summed E-state index contributed by atoms with van der Waals surface area (Å²) < 4.78 is 0. The molecule has 4 N–H and O–H groups in total. The van der Waals surface area contributed by atoms with E-state index < -0.39 is 12.2 Å². The fourth-order valence-electron chi connectivity index (χ4n) is 2.22. The third-order valence-electron chi connectivity index (χ3n) is 3.51. The molecule has 0 fully saturated rings. The van der Waals surface area contributed by atoms with Crippen molar-refractivity contribution in [2.75, 3.05) is 6.54 Å². The lowest BCUT2D eigenvalue weighted by molar-refractivity contribution is 0.00998. The third-order valence-corrected chi connectivity index (χ3v) is 3.51. The Hall–Kier alpha value is -0.120. The molecule has 18 heavy (non-hydrogen) atoms. The molecule has 3 heteroatoms. The van der Waals surface area contributed by atoms with Crippen molar-refractivity contribution in [2.45, 2.75) is 89.8 Å². The van der Waals surface area contributed by atoms with Gasteiger partial charge in [-0.2, -0.15) is 0 Å². The normalized spacial score (nSPS) is 14.7. The predicted octanol–water partition coefficient (Wildman–Crippen LogP) is 2.98. The number of aliphatic hydroxyl groups excluding tert-OH is 2. The molecule has 0 aliphatic rings. The standard InChI is InChI=1S/C15H33NO2/c1-2-3-4-5-6-7-8-9-10-11-14(17)15(18)12-13-16/h14-15,17-18H,2-13,16H2,1H3. The van der Waals surface area contributed by atoms with Crippen LogP contribution in [0.15, 0.2) is 0 Å². The molecule has 0 aromatic rings. The zero-order chi connectivity index (χ0) is 13.6. The molecule has 0 saturated carbocycles. The van der Waals surface area contributed by atoms with Gasteiger partial charge in [0, 0.05) is 0 Å². The fourth-order valence-corrected chi connectivity index (χ4v) is 2.22. The van der Waals surface area contributed by atoms with Crippen molar-refractivity contribution in [3.63, 3.8) is 0 Å². The van der Waals surface area contributed by atoms with E-state index in [-0.39, 0.29) is 0 Å². The maximum Gasteiger partial charge on any atom is 0.0811 e. The molecule has 110 valence electrons. The Balaban J connectivity index is 3.19. The van der Waals surface area contributed by atoms with E-state index in [9.17, 15) is 10.2 Å². The molecule has 0 radical (unpaired) electrons. The summed E-state index contributed by atoms with van der Waals surface area (Å²) in [6.07, 6.45) is 11.5. The second-order valence-electron chi connectivity index (χ2n) is 5.33. The van der Waals surface area contributed by atoms with E-state index in [4.69, 9.17) is 5.73 Å². The molecule has 0 spiro atoms. The SMILES string of the molecule is CCCCCCCCCCCC(O)C(O)CCN. The van der Waals surface area contributed by atoms with E-state index in [1.165, 1.54) is 51.4 Å². The van der Waals surface area contributed by atoms with Gasteiger partial charge in [0.15, 0.2) is 0 Å². The lowest BCUT2D eigenvalue weighted by Crippen LogP contribution is -2.28. The Morgan fingerprint density at radius 2 is 1.17 bits per heavy atom. The van der Waals surface area contributed by atoms with Crippen LogP contribution in [0, 0.1) is 0 Å². The second-order valence-corrected chi connectivity index (χ2v) is 5.33. The largest absolute Gasteiger partial charge is 0.390 e. The van der Waals surface area contributed by atoms with Gasteiger partial charge in [0.1, 0.15) is 0 Å². The van der Waals surface area contributed by atoms with Gasteiger partial charge < -0.3 is 15.9 Å². The third kappa shape index (κ3) is 11.0. The minimum atomic E-state index is -0.635. The van der Waals surface area contributed by atoms with Gasteiger partial charge in [-0.25, -0.2) is 0 Å². The van der Waals surface area contributed by atoms with Crippen LogP contribution in [0.25, 0.3) is 0 Å². The number of aliphatic hydroxyl groups is 2. The van der Waals surface area contributed by atoms with Gasteiger partial charge in [0.25, 0.3) is 0 Å². The van der Waals surface area contributed by atoms with Crippen molar-refractivity contribution in [3.8, 4) is 0 Å². The Morgan fingerprint density at radius 1 is 0.722 bits per heavy atom. The molecule has 0 saturated heterocycles. The quantitative estimate of drug-likeness (QED) is 0.445. The first kappa shape index (κ1) is 17.9. The average molecular weight is 259 g/mol. The number of rotatable bonds is 13. The maximum absolute atomic E-state index is 9.64. The van der Waals surface area contributed by atoms with Crippen LogP contribution in [0.2, 0.25) is 0 Å². The van der Waals surface area contributed by atoms with Crippen molar-refractivity contribution in [3.05, 3.63) is 0 Å². The minimum Gasteiger partial charge on any atom is -0.390 e. The molecule has 0 heterocycles. The minimum absolute atomic E-state index is 0.440. The van der Waals surface area contributed by atoms with E-state index in [1.807, 2.05) is 0 Å². The number of hydrogen-bond donors (Lipinski definition) is 3. The van der Waals surface area contributed by atoms with Crippen LogP contribution in [-0.4, -0.2) is 29.0 Å². The Morgan fingerprint density at radius 3 is 1.67 bits per heavy atom. The first-order valence-corrected chi connectivity index (χ1v) is 7.78. The second kappa shape index (κ2) is 13.3. The maximum atomic E-state index is 9.64. The molecule has 0 aromatic heterocycles. The van der Waals surface area contributed by atoms with Crippen molar-refractivity contribution >= 4 is 0 Å². The summed E-state index contributed by atoms with van der Waals surface area (Å²) in [5.41, 5.74) is 5.34. The molecule has 0 aliphatic carbocycles. The predicted molar refractivity (Wildman–Crippen MR) is 77.5 cm³/mol. The average Bonchev–Trinajstić information content (AvgIpc) is 2.36. The van der Waals surface area contributed by atoms with Crippen LogP contribution in [0.4, 0.5) is 0 Å². The highest BCUT2D eigenvalue weighted by Crippen LogP contribution is 2.13. The fraction of sp³-hybridized carbons (Fsp3) is 1.00. The van der Waals surface area contributed by atoms with E-state index >= 15 is 0 Å². The zero-order valence-corrected chi connectivity index (χ0v) is 12.1. The number of unbranched alkanes of at least 4 members (excludes halogenated alkanes) is 8. The summed E-state index contributed by atoms with van der Waals surface area (Å²) in [7, 11) is 0. The van der Waals surface area contributed by atoms with Gasteiger partial charge in [0.2, 0.25) is 0 Å². The van der Waals surface area contributed by atoms with Crippen molar-refractivity contribution in [1.82, 2.24) is 0 Å². The molecule has 2 atom stereocenters. The molecule has 3 nitrogen and oxygen atoms in total. The summed E-state index contributed by atoms with van der Waals surface area (Å²) in [6, 6.07) is 0. The summed E-state index contributed by atoms with van der Waals surface area (Å²) in [4.78, 5) is 0. The van der Waals surface area contributed by atoms with E-state index in [0.29, 0.717) is 19.4 Å². The zero-order valence-electron chi connectivity index (χ0n) is 12.1. The monoisotopic (exact) mass is 259 g/mol. The first-order chi connectivity index (χ1) is 8.72. The molecular formula is C15H33NO2. The molecule has 0 aromatic carbocycles. The summed E-state index contributed by atoms with van der Waals surface area (Å²) in [6.45, 7) is 2.68. The number of hydrogen-bond acceptors (Lipinski definition) is 3. The van der Waals surface area contributed by atoms with Gasteiger partial charge in [-0.05, 0) is 19.4 Å². The topological polar surface area (TPSA) is 66.5 Å².